The van der Waals surface area contributed by atoms with E-state index in [1.165, 1.54) is 0 Å². The summed E-state index contributed by atoms with van der Waals surface area (Å²) in [6.07, 6.45) is 0. The van der Waals surface area contributed by atoms with Crippen LogP contribution in [-0.4, -0.2) is 37.6 Å². The van der Waals surface area contributed by atoms with Crippen molar-refractivity contribution in [1.82, 2.24) is 0 Å². The van der Waals surface area contributed by atoms with Gasteiger partial charge in [-0.05, 0) is 12.8 Å². The summed E-state index contributed by atoms with van der Waals surface area (Å²) in [5.74, 6) is 0.0837. The van der Waals surface area contributed by atoms with Crippen LogP contribution in [0.4, 0.5) is 0 Å². The molecule has 3 nitrogen and oxygen atoms in total. The molecule has 78 valence electrons. The Morgan fingerprint density at radius 2 is 1.54 bits per heavy atom. The lowest BCUT2D eigenvalue weighted by atomic mass is 9.87. The molecule has 0 aliphatic rings. The molecule has 0 spiro atoms. The summed E-state index contributed by atoms with van der Waals surface area (Å²) >= 11 is 0. The predicted octanol–water partition coefficient (Wildman–Crippen LogP) is 0.839. The first kappa shape index (κ1) is 12.4. The number of carbonyl (C=O) groups excluding carboxylic acids is 1. The van der Waals surface area contributed by atoms with Crippen LogP contribution in [-0.2, 0) is 4.79 Å². The summed E-state index contributed by atoms with van der Waals surface area (Å²) in [5, 5.41) is 0. The van der Waals surface area contributed by atoms with E-state index in [0.29, 0.717) is 5.92 Å². The van der Waals surface area contributed by atoms with E-state index in [0.717, 1.165) is 4.48 Å². The van der Waals surface area contributed by atoms with Crippen molar-refractivity contribution < 1.29 is 9.28 Å². The summed E-state index contributed by atoms with van der Waals surface area (Å²) < 4.78 is 0.770. The van der Waals surface area contributed by atoms with Crippen LogP contribution in [0.1, 0.15) is 20.8 Å². The molecule has 0 aromatic rings. The van der Waals surface area contributed by atoms with Gasteiger partial charge in [0.25, 0.3) is 0 Å². The Morgan fingerprint density at radius 3 is 1.62 bits per heavy atom. The maximum Gasteiger partial charge on any atom is 0.226 e. The third kappa shape index (κ3) is 3.35. The first-order chi connectivity index (χ1) is 5.68. The van der Waals surface area contributed by atoms with Gasteiger partial charge in [-0.15, -0.1) is 0 Å². The van der Waals surface area contributed by atoms with Crippen molar-refractivity contribution in [2.75, 3.05) is 21.1 Å². The van der Waals surface area contributed by atoms with Crippen molar-refractivity contribution in [2.45, 2.75) is 26.8 Å². The zero-order valence-corrected chi connectivity index (χ0v) is 9.66. The third-order valence-electron chi connectivity index (χ3n) is 2.79. The zero-order valence-electron chi connectivity index (χ0n) is 9.66. The molecule has 0 heterocycles. The predicted molar refractivity (Wildman–Crippen MR) is 55.0 cm³/mol. The number of carbonyl (C=O) groups is 1. The molecule has 0 fully saturated rings. The van der Waals surface area contributed by atoms with Crippen molar-refractivity contribution >= 4 is 5.91 Å². The van der Waals surface area contributed by atoms with Gasteiger partial charge in [-0.1, -0.05) is 13.8 Å². The Balaban J connectivity index is 4.67. The van der Waals surface area contributed by atoms with E-state index in [4.69, 9.17) is 5.73 Å². The van der Waals surface area contributed by atoms with Crippen LogP contribution in [0.15, 0.2) is 0 Å². The highest BCUT2D eigenvalue weighted by molar-refractivity contribution is 5.77. The molecule has 0 rings (SSSR count). The number of nitrogens with zero attached hydrogens (tertiary/aromatic N) is 1. The minimum Gasteiger partial charge on any atom is -0.369 e. The van der Waals surface area contributed by atoms with Crippen LogP contribution in [0, 0.1) is 11.8 Å². The molecule has 0 aliphatic heterocycles. The molecular formula is C10H23N2O+. The maximum absolute atomic E-state index is 11.2. The third-order valence-corrected chi connectivity index (χ3v) is 2.79. The summed E-state index contributed by atoms with van der Waals surface area (Å²) in [7, 11) is 6.26. The van der Waals surface area contributed by atoms with Crippen molar-refractivity contribution in [3.63, 3.8) is 0 Å². The SMILES string of the molecule is CC(C)C(C(N)=O)C(C)[N+](C)(C)C. The fourth-order valence-electron chi connectivity index (χ4n) is 1.61. The van der Waals surface area contributed by atoms with E-state index < -0.39 is 0 Å². The molecule has 2 unspecified atom stereocenters. The van der Waals surface area contributed by atoms with E-state index in [-0.39, 0.29) is 17.9 Å². The molecule has 0 radical (unpaired) electrons. The Hall–Kier alpha value is -0.570. The lowest BCUT2D eigenvalue weighted by molar-refractivity contribution is -0.897. The van der Waals surface area contributed by atoms with Gasteiger partial charge in [0.05, 0.1) is 33.1 Å². The zero-order chi connectivity index (χ0) is 10.8. The molecule has 13 heavy (non-hydrogen) atoms. The minimum absolute atomic E-state index is 0.0417. The second-order valence-corrected chi connectivity index (χ2v) is 5.03. The van der Waals surface area contributed by atoms with E-state index in [1.54, 1.807) is 0 Å². The molecule has 3 heteroatoms. The molecule has 0 saturated heterocycles. The number of amides is 1. The molecule has 1 amide bonds. The number of hydrogen-bond donors (Lipinski definition) is 1. The molecule has 0 bridgehead atoms. The number of hydrogen-bond acceptors (Lipinski definition) is 1. The van der Waals surface area contributed by atoms with Gasteiger partial charge < -0.3 is 10.2 Å². The average molecular weight is 187 g/mol. The van der Waals surface area contributed by atoms with Crippen molar-refractivity contribution in [3.05, 3.63) is 0 Å². The first-order valence-corrected chi connectivity index (χ1v) is 4.78. The summed E-state index contributed by atoms with van der Waals surface area (Å²) in [4.78, 5) is 11.2. The van der Waals surface area contributed by atoms with Crippen LogP contribution in [0.2, 0.25) is 0 Å². The lowest BCUT2D eigenvalue weighted by Crippen LogP contribution is -2.52. The van der Waals surface area contributed by atoms with Gasteiger partial charge in [-0.3, -0.25) is 4.79 Å². The molecule has 0 aromatic heterocycles. The highest BCUT2D eigenvalue weighted by Gasteiger charge is 2.34. The minimum atomic E-state index is -0.185. The number of rotatable bonds is 4. The molecule has 2 atom stereocenters. The van der Waals surface area contributed by atoms with Crippen molar-refractivity contribution in [3.8, 4) is 0 Å². The fraction of sp³-hybridized carbons (Fsp3) is 0.900. The second kappa shape index (κ2) is 4.09. The number of nitrogens with two attached hydrogens (primary N) is 1. The van der Waals surface area contributed by atoms with Crippen LogP contribution in [0.5, 0.6) is 0 Å². The van der Waals surface area contributed by atoms with E-state index in [2.05, 4.69) is 28.1 Å². The van der Waals surface area contributed by atoms with E-state index in [1.807, 2.05) is 13.8 Å². The Kier molecular flexibility index (Phi) is 3.91. The molecule has 2 N–H and O–H groups in total. The summed E-state index contributed by atoms with van der Waals surface area (Å²) in [6, 6.07) is 0.262. The van der Waals surface area contributed by atoms with Gasteiger partial charge in [0.15, 0.2) is 0 Å². The van der Waals surface area contributed by atoms with Crippen molar-refractivity contribution in [1.29, 1.82) is 0 Å². The Bertz CT molecular complexity index is 182. The normalized spacial score (nSPS) is 17.2. The maximum atomic E-state index is 11.2. The van der Waals surface area contributed by atoms with Crippen LogP contribution in [0.3, 0.4) is 0 Å². The van der Waals surface area contributed by atoms with E-state index in [9.17, 15) is 4.79 Å². The van der Waals surface area contributed by atoms with E-state index >= 15 is 0 Å². The first-order valence-electron chi connectivity index (χ1n) is 4.78. The summed E-state index contributed by atoms with van der Waals surface area (Å²) in [6.45, 7) is 6.17. The Labute approximate surface area is 81.5 Å². The highest BCUT2D eigenvalue weighted by Crippen LogP contribution is 2.21. The topological polar surface area (TPSA) is 43.1 Å². The van der Waals surface area contributed by atoms with Gasteiger partial charge in [-0.25, -0.2) is 0 Å². The second-order valence-electron chi connectivity index (χ2n) is 5.03. The monoisotopic (exact) mass is 187 g/mol. The molecular weight excluding hydrogens is 164 g/mol. The largest absolute Gasteiger partial charge is 0.369 e. The van der Waals surface area contributed by atoms with Crippen LogP contribution < -0.4 is 5.73 Å². The fourth-order valence-corrected chi connectivity index (χ4v) is 1.61. The smallest absolute Gasteiger partial charge is 0.226 e. The molecule has 0 aliphatic carbocycles. The van der Waals surface area contributed by atoms with Gasteiger partial charge in [0, 0.05) is 0 Å². The highest BCUT2D eigenvalue weighted by atomic mass is 16.1. The van der Waals surface area contributed by atoms with Gasteiger partial charge in [-0.2, -0.15) is 0 Å². The van der Waals surface area contributed by atoms with Crippen LogP contribution >= 0.6 is 0 Å². The standard InChI is InChI=1S/C10H22N2O/c1-7(2)9(10(11)13)8(3)12(4,5)6/h7-9H,1-6H3,(H-,11,13)/p+1. The van der Waals surface area contributed by atoms with Gasteiger partial charge in [0.2, 0.25) is 5.91 Å². The van der Waals surface area contributed by atoms with Gasteiger partial charge in [0.1, 0.15) is 0 Å². The number of primary amides is 1. The average Bonchev–Trinajstić information content (AvgIpc) is 1.82. The number of quaternary nitrogens is 1. The van der Waals surface area contributed by atoms with Crippen LogP contribution in [0.25, 0.3) is 0 Å². The van der Waals surface area contributed by atoms with Gasteiger partial charge >= 0.3 is 0 Å². The molecule has 0 saturated carbocycles. The quantitative estimate of drug-likeness (QED) is 0.651. The lowest BCUT2D eigenvalue weighted by Gasteiger charge is -2.37. The molecule has 0 aromatic carbocycles. The summed E-state index contributed by atoms with van der Waals surface area (Å²) in [5.41, 5.74) is 5.39. The Morgan fingerprint density at radius 1 is 1.15 bits per heavy atom. The van der Waals surface area contributed by atoms with Crippen molar-refractivity contribution in [2.24, 2.45) is 17.6 Å².